The number of fused-ring (bicyclic) bond motifs is 1. The fourth-order valence-electron chi connectivity index (χ4n) is 5.64. The molecule has 2 amide bonds. The van der Waals surface area contributed by atoms with Gasteiger partial charge >= 0.3 is 0 Å². The highest BCUT2D eigenvalue weighted by Gasteiger charge is 2.30. The molecule has 0 unspecified atom stereocenters. The summed E-state index contributed by atoms with van der Waals surface area (Å²) in [6.45, 7) is 4.12. The highest BCUT2D eigenvalue weighted by molar-refractivity contribution is 8.04. The highest BCUT2D eigenvalue weighted by Crippen LogP contribution is 2.43. The molecular formula is C34H39N3O2S. The van der Waals surface area contributed by atoms with Gasteiger partial charge in [-0.2, -0.15) is 0 Å². The van der Waals surface area contributed by atoms with E-state index in [-0.39, 0.29) is 11.8 Å². The fourth-order valence-corrected chi connectivity index (χ4v) is 6.68. The van der Waals surface area contributed by atoms with Crippen molar-refractivity contribution in [2.24, 2.45) is 0 Å². The summed E-state index contributed by atoms with van der Waals surface area (Å²) >= 11 is 1.47. The van der Waals surface area contributed by atoms with Crippen molar-refractivity contribution in [3.63, 3.8) is 0 Å². The Balaban J connectivity index is 1.31. The molecule has 6 heteroatoms. The van der Waals surface area contributed by atoms with E-state index in [0.717, 1.165) is 40.2 Å². The predicted octanol–water partition coefficient (Wildman–Crippen LogP) is 7.06. The topological polar surface area (TPSA) is 52.7 Å². The van der Waals surface area contributed by atoms with Crippen LogP contribution in [0.1, 0.15) is 65.6 Å². The van der Waals surface area contributed by atoms with Crippen LogP contribution in [0.25, 0.3) is 6.08 Å². The van der Waals surface area contributed by atoms with Crippen molar-refractivity contribution in [2.45, 2.75) is 62.9 Å². The Labute approximate surface area is 242 Å². The Morgan fingerprint density at radius 1 is 1.02 bits per heavy atom. The van der Waals surface area contributed by atoms with Gasteiger partial charge < -0.3 is 15.1 Å². The molecule has 0 radical (unpaired) electrons. The lowest BCUT2D eigenvalue weighted by Crippen LogP contribution is -2.36. The second-order valence-electron chi connectivity index (χ2n) is 11.0. The number of carbonyl (C=O) groups excluding carboxylic acids is 2. The second kappa shape index (κ2) is 13.3. The average molecular weight is 554 g/mol. The van der Waals surface area contributed by atoms with Crippen LogP contribution in [0.15, 0.2) is 82.6 Å². The smallest absolute Gasteiger partial charge is 0.265 e. The quantitative estimate of drug-likeness (QED) is 0.228. The van der Waals surface area contributed by atoms with E-state index >= 15 is 0 Å². The van der Waals surface area contributed by atoms with Gasteiger partial charge in [-0.3, -0.25) is 9.59 Å². The minimum absolute atomic E-state index is 0.0498. The molecular weight excluding hydrogens is 514 g/mol. The summed E-state index contributed by atoms with van der Waals surface area (Å²) in [5.41, 5.74) is 4.56. The van der Waals surface area contributed by atoms with E-state index in [1.807, 2.05) is 71.6 Å². The Kier molecular flexibility index (Phi) is 9.40. The van der Waals surface area contributed by atoms with Gasteiger partial charge in [0.25, 0.3) is 11.8 Å². The maximum absolute atomic E-state index is 13.8. The van der Waals surface area contributed by atoms with Crippen LogP contribution < -0.4 is 10.2 Å². The van der Waals surface area contributed by atoms with Crippen molar-refractivity contribution in [3.8, 4) is 0 Å². The fraction of sp³-hybridized carbons (Fsp3) is 0.353. The molecule has 0 bridgehead atoms. The van der Waals surface area contributed by atoms with Gasteiger partial charge in [-0.05, 0) is 75.2 Å². The van der Waals surface area contributed by atoms with E-state index in [9.17, 15) is 9.59 Å². The van der Waals surface area contributed by atoms with Gasteiger partial charge in [0.05, 0.1) is 17.1 Å². The first-order valence-electron chi connectivity index (χ1n) is 14.4. The number of nitrogens with one attached hydrogen (secondary N) is 1. The van der Waals surface area contributed by atoms with Gasteiger partial charge in [0.2, 0.25) is 0 Å². The molecule has 1 fully saturated rings. The summed E-state index contributed by atoms with van der Waals surface area (Å²) in [6, 6.07) is 24.5. The summed E-state index contributed by atoms with van der Waals surface area (Å²) in [5.74, 6) is -0.145. The van der Waals surface area contributed by atoms with Crippen molar-refractivity contribution < 1.29 is 9.59 Å². The van der Waals surface area contributed by atoms with E-state index in [2.05, 4.69) is 36.3 Å². The maximum Gasteiger partial charge on any atom is 0.265 e. The molecule has 0 aromatic heterocycles. The predicted molar refractivity (Wildman–Crippen MR) is 166 cm³/mol. The van der Waals surface area contributed by atoms with Crippen LogP contribution in [0.2, 0.25) is 0 Å². The van der Waals surface area contributed by atoms with E-state index in [4.69, 9.17) is 0 Å². The molecule has 1 aliphatic carbocycles. The Morgan fingerprint density at radius 2 is 1.82 bits per heavy atom. The summed E-state index contributed by atoms with van der Waals surface area (Å²) in [6.07, 6.45) is 9.46. The molecule has 0 saturated heterocycles. The molecule has 208 valence electrons. The van der Waals surface area contributed by atoms with Gasteiger partial charge in [-0.1, -0.05) is 91.2 Å². The first kappa shape index (κ1) is 28.2. The van der Waals surface area contributed by atoms with Gasteiger partial charge in [0, 0.05) is 23.0 Å². The van der Waals surface area contributed by atoms with Gasteiger partial charge in [-0.25, -0.2) is 0 Å². The molecule has 1 aliphatic heterocycles. The van der Waals surface area contributed by atoms with Crippen molar-refractivity contribution >= 4 is 35.3 Å². The first-order chi connectivity index (χ1) is 19.5. The number of benzene rings is 3. The van der Waals surface area contributed by atoms with Crippen LogP contribution in [-0.2, 0) is 11.3 Å². The largest absolute Gasteiger partial charge is 0.352 e. The first-order valence-corrected chi connectivity index (χ1v) is 15.2. The summed E-state index contributed by atoms with van der Waals surface area (Å²) in [4.78, 5) is 32.8. The number of anilines is 1. The molecule has 5 nitrogen and oxygen atoms in total. The average Bonchev–Trinajstić information content (AvgIpc) is 2.98. The third kappa shape index (κ3) is 7.04. The minimum atomic E-state index is -0.0956. The third-order valence-electron chi connectivity index (χ3n) is 7.88. The SMILES string of the molecule is Cc1cccc(CN2C(=O)/C(=C/c3ccccc3)Sc3ccc(C(=O)NCCCN(C)C4CCCCC4)cc32)c1. The highest BCUT2D eigenvalue weighted by atomic mass is 32.2. The summed E-state index contributed by atoms with van der Waals surface area (Å²) in [7, 11) is 2.21. The Morgan fingerprint density at radius 3 is 2.60 bits per heavy atom. The zero-order valence-corrected chi connectivity index (χ0v) is 24.4. The number of hydrogen-bond acceptors (Lipinski definition) is 4. The summed E-state index contributed by atoms with van der Waals surface area (Å²) in [5, 5.41) is 3.10. The van der Waals surface area contributed by atoms with E-state index in [0.29, 0.717) is 29.6 Å². The molecule has 1 saturated carbocycles. The minimum Gasteiger partial charge on any atom is -0.352 e. The molecule has 1 N–H and O–H groups in total. The van der Waals surface area contributed by atoms with Crippen molar-refractivity contribution in [2.75, 3.05) is 25.0 Å². The van der Waals surface area contributed by atoms with Gasteiger partial charge in [0.15, 0.2) is 0 Å². The number of thioether (sulfide) groups is 1. The van der Waals surface area contributed by atoms with Crippen LogP contribution in [0.5, 0.6) is 0 Å². The lowest BCUT2D eigenvalue weighted by Gasteiger charge is -2.31. The van der Waals surface area contributed by atoms with Crippen molar-refractivity contribution in [1.82, 2.24) is 10.2 Å². The lowest BCUT2D eigenvalue weighted by atomic mass is 9.94. The van der Waals surface area contributed by atoms with E-state index in [1.54, 1.807) is 0 Å². The number of amides is 2. The zero-order chi connectivity index (χ0) is 27.9. The van der Waals surface area contributed by atoms with Gasteiger partial charge in [0.1, 0.15) is 0 Å². The number of carbonyl (C=O) groups is 2. The molecule has 1 heterocycles. The van der Waals surface area contributed by atoms with Crippen molar-refractivity contribution in [1.29, 1.82) is 0 Å². The molecule has 2 aliphatic rings. The lowest BCUT2D eigenvalue weighted by molar-refractivity contribution is -0.114. The van der Waals surface area contributed by atoms with Crippen LogP contribution in [-0.4, -0.2) is 42.9 Å². The van der Waals surface area contributed by atoms with Gasteiger partial charge in [-0.15, -0.1) is 0 Å². The standard InChI is InChI=1S/C34H39N3O2S/c1-25-11-9-14-27(21-25)24-37-30-23-28(33(38)35-19-10-20-36(2)29-15-7-4-8-16-29)17-18-31(30)40-32(34(37)39)22-26-12-5-3-6-13-26/h3,5-6,9,11-14,17-18,21-23,29H,4,7-8,10,15-16,19-20,24H2,1-2H3,(H,35,38)/b32-22-. The van der Waals surface area contributed by atoms with E-state index in [1.165, 1.54) is 43.9 Å². The van der Waals surface area contributed by atoms with Crippen LogP contribution in [0, 0.1) is 6.92 Å². The number of nitrogens with zero attached hydrogens (tertiary/aromatic N) is 2. The van der Waals surface area contributed by atoms with Crippen LogP contribution in [0.4, 0.5) is 5.69 Å². The van der Waals surface area contributed by atoms with E-state index < -0.39 is 0 Å². The summed E-state index contributed by atoms with van der Waals surface area (Å²) < 4.78 is 0. The normalized spacial score (nSPS) is 16.8. The van der Waals surface area contributed by atoms with Crippen LogP contribution in [0.3, 0.4) is 0 Å². The second-order valence-corrected chi connectivity index (χ2v) is 12.0. The monoisotopic (exact) mass is 553 g/mol. The third-order valence-corrected chi connectivity index (χ3v) is 8.96. The van der Waals surface area contributed by atoms with Crippen molar-refractivity contribution in [3.05, 3.63) is 100.0 Å². The number of aryl methyl sites for hydroxylation is 1. The Bertz CT molecular complexity index is 1360. The molecule has 0 spiro atoms. The molecule has 0 atom stereocenters. The zero-order valence-electron chi connectivity index (χ0n) is 23.6. The number of rotatable bonds is 9. The molecule has 3 aromatic rings. The Hall–Kier alpha value is -3.35. The molecule has 5 rings (SSSR count). The number of hydrogen-bond donors (Lipinski definition) is 1. The maximum atomic E-state index is 13.8. The van der Waals surface area contributed by atoms with Crippen LogP contribution >= 0.6 is 11.8 Å². The molecule has 40 heavy (non-hydrogen) atoms. The molecule has 3 aromatic carbocycles.